The summed E-state index contributed by atoms with van der Waals surface area (Å²) in [5.41, 5.74) is 1.92. The van der Waals surface area contributed by atoms with Crippen LogP contribution in [0.2, 0.25) is 0 Å². The number of aryl methyl sites for hydroxylation is 1. The molecule has 0 amide bonds. The molecule has 2 fully saturated rings. The molecule has 2 aromatic rings. The number of methoxy groups -OCH3 is 2. The zero-order valence-corrected chi connectivity index (χ0v) is 18.8. The number of hydrogen-bond acceptors (Lipinski definition) is 7. The Kier molecular flexibility index (Phi) is 7.48. The van der Waals surface area contributed by atoms with Crippen LogP contribution in [0.4, 0.5) is 0 Å². The molecule has 2 bridgehead atoms. The zero-order valence-electron chi connectivity index (χ0n) is 18.8. The largest absolute Gasteiger partial charge is 0.493 e. The summed E-state index contributed by atoms with van der Waals surface area (Å²) in [6.07, 6.45) is 3.14. The van der Waals surface area contributed by atoms with Gasteiger partial charge >= 0.3 is 0 Å². The topological polar surface area (TPSA) is 76.0 Å². The molecule has 3 unspecified atom stereocenters. The minimum atomic E-state index is -0.0570. The first-order valence-corrected chi connectivity index (χ1v) is 11.2. The van der Waals surface area contributed by atoms with E-state index in [0.717, 1.165) is 51.2 Å². The van der Waals surface area contributed by atoms with Crippen LogP contribution in [0.15, 0.2) is 42.5 Å². The number of nitrogens with zero attached hydrogens (tertiary/aromatic N) is 2. The molecule has 2 aromatic carbocycles. The predicted molar refractivity (Wildman–Crippen MR) is 121 cm³/mol. The highest BCUT2D eigenvalue weighted by Gasteiger charge is 2.35. The van der Waals surface area contributed by atoms with E-state index in [0.29, 0.717) is 17.1 Å². The highest BCUT2D eigenvalue weighted by Crippen LogP contribution is 2.32. The minimum absolute atomic E-state index is 0.0570. The van der Waals surface area contributed by atoms with Crippen molar-refractivity contribution >= 4 is 0 Å². The summed E-state index contributed by atoms with van der Waals surface area (Å²) < 4.78 is 23.4. The minimum Gasteiger partial charge on any atom is -0.493 e. The van der Waals surface area contributed by atoms with Crippen LogP contribution < -0.4 is 19.5 Å². The number of nitriles is 1. The van der Waals surface area contributed by atoms with Gasteiger partial charge in [-0.2, -0.15) is 5.26 Å². The lowest BCUT2D eigenvalue weighted by atomic mass is 10.0. The number of ether oxygens (including phenoxy) is 4. The van der Waals surface area contributed by atoms with Gasteiger partial charge in [-0.1, -0.05) is 12.1 Å². The van der Waals surface area contributed by atoms with Gasteiger partial charge in [0.05, 0.1) is 38.1 Å². The molecular weight excluding hydrogens is 406 g/mol. The van der Waals surface area contributed by atoms with Crippen LogP contribution in [0.3, 0.4) is 0 Å². The number of hydrogen-bond donors (Lipinski definition) is 1. The summed E-state index contributed by atoms with van der Waals surface area (Å²) in [4.78, 5) is 2.41. The Morgan fingerprint density at radius 1 is 1.06 bits per heavy atom. The van der Waals surface area contributed by atoms with Crippen molar-refractivity contribution < 1.29 is 18.9 Å². The Labute approximate surface area is 189 Å². The van der Waals surface area contributed by atoms with Crippen molar-refractivity contribution in [1.82, 2.24) is 10.2 Å². The molecule has 0 radical (unpaired) electrons. The number of benzene rings is 2. The van der Waals surface area contributed by atoms with Crippen molar-refractivity contribution in [1.29, 1.82) is 5.26 Å². The van der Waals surface area contributed by atoms with Crippen LogP contribution in [0.1, 0.15) is 24.0 Å². The zero-order chi connectivity index (χ0) is 22.3. The molecule has 7 nitrogen and oxygen atoms in total. The molecule has 32 heavy (non-hydrogen) atoms. The Morgan fingerprint density at radius 2 is 1.78 bits per heavy atom. The molecule has 4 rings (SSSR count). The second-order valence-electron chi connectivity index (χ2n) is 8.28. The van der Waals surface area contributed by atoms with Crippen LogP contribution in [0.25, 0.3) is 0 Å². The number of fused-ring (bicyclic) bond motifs is 2. The Morgan fingerprint density at radius 3 is 2.44 bits per heavy atom. The van der Waals surface area contributed by atoms with Gasteiger partial charge in [-0.05, 0) is 49.1 Å². The molecule has 0 spiro atoms. The molecule has 7 heteroatoms. The van der Waals surface area contributed by atoms with Crippen LogP contribution in [-0.4, -0.2) is 63.7 Å². The quantitative estimate of drug-likeness (QED) is 0.646. The maximum atomic E-state index is 9.00. The number of nitrogens with one attached hydrogen (secondary N) is 1. The van der Waals surface area contributed by atoms with E-state index in [1.165, 1.54) is 5.56 Å². The Bertz CT molecular complexity index is 916. The second-order valence-corrected chi connectivity index (χ2v) is 8.28. The summed E-state index contributed by atoms with van der Waals surface area (Å²) in [5, 5.41) is 12.4. The predicted octanol–water partition coefficient (Wildman–Crippen LogP) is 2.98. The molecule has 170 valence electrons. The summed E-state index contributed by atoms with van der Waals surface area (Å²) in [6.45, 7) is 3.44. The van der Waals surface area contributed by atoms with Crippen LogP contribution in [0, 0.1) is 11.3 Å². The van der Waals surface area contributed by atoms with Gasteiger partial charge in [0.15, 0.2) is 17.7 Å². The standard InChI is InChI=1S/C25H31N3O4/c1-29-23-11-10-20(12-24(23)30-2)32-25(28-16-21-14-27-15-22(17-28)31-21)5-3-4-18-6-8-19(13-26)9-7-18/h6-12,21-22,25,27H,3-5,14-17H2,1-2H3. The van der Waals surface area contributed by atoms with E-state index in [9.17, 15) is 0 Å². The van der Waals surface area contributed by atoms with E-state index in [2.05, 4.69) is 16.3 Å². The van der Waals surface area contributed by atoms with E-state index >= 15 is 0 Å². The molecule has 3 atom stereocenters. The SMILES string of the molecule is COc1ccc(OC(CCCc2ccc(C#N)cc2)N2CC3CNCC(C2)O3)cc1OC. The average Bonchev–Trinajstić information content (AvgIpc) is 2.83. The summed E-state index contributed by atoms with van der Waals surface area (Å²) in [6, 6.07) is 15.7. The molecule has 0 aliphatic carbocycles. The molecule has 1 N–H and O–H groups in total. The lowest BCUT2D eigenvalue weighted by molar-refractivity contribution is -0.138. The Hall–Kier alpha value is -2.79. The van der Waals surface area contributed by atoms with E-state index < -0.39 is 0 Å². The fraction of sp³-hybridized carbons (Fsp3) is 0.480. The molecule has 0 aromatic heterocycles. The van der Waals surface area contributed by atoms with Gasteiger partial charge in [0.25, 0.3) is 0 Å². The van der Waals surface area contributed by atoms with Gasteiger partial charge in [0.1, 0.15) is 5.75 Å². The lowest BCUT2D eigenvalue weighted by Crippen LogP contribution is -2.61. The van der Waals surface area contributed by atoms with Crippen molar-refractivity contribution in [3.63, 3.8) is 0 Å². The van der Waals surface area contributed by atoms with Crippen molar-refractivity contribution in [2.75, 3.05) is 40.4 Å². The molecule has 2 saturated heterocycles. The molecule has 2 heterocycles. The number of morpholine rings is 2. The first kappa shape index (κ1) is 22.4. The average molecular weight is 438 g/mol. The van der Waals surface area contributed by atoms with Gasteiger partial charge in [-0.3, -0.25) is 4.90 Å². The third kappa shape index (κ3) is 5.52. The third-order valence-electron chi connectivity index (χ3n) is 6.04. The van der Waals surface area contributed by atoms with E-state index in [-0.39, 0.29) is 18.4 Å². The van der Waals surface area contributed by atoms with Crippen molar-refractivity contribution in [2.45, 2.75) is 37.7 Å². The highest BCUT2D eigenvalue weighted by molar-refractivity contribution is 5.45. The van der Waals surface area contributed by atoms with Crippen molar-refractivity contribution in [2.24, 2.45) is 0 Å². The lowest BCUT2D eigenvalue weighted by Gasteiger charge is -2.44. The fourth-order valence-electron chi connectivity index (χ4n) is 4.41. The monoisotopic (exact) mass is 437 g/mol. The van der Waals surface area contributed by atoms with Crippen molar-refractivity contribution in [3.8, 4) is 23.3 Å². The molecule has 0 saturated carbocycles. The van der Waals surface area contributed by atoms with E-state index in [1.54, 1.807) is 14.2 Å². The van der Waals surface area contributed by atoms with E-state index in [1.807, 2.05) is 42.5 Å². The number of rotatable bonds is 9. The molecular formula is C25H31N3O4. The first-order valence-electron chi connectivity index (χ1n) is 11.2. The summed E-state index contributed by atoms with van der Waals surface area (Å²) in [7, 11) is 3.26. The highest BCUT2D eigenvalue weighted by atomic mass is 16.5. The molecule has 2 aliphatic rings. The van der Waals surface area contributed by atoms with Crippen molar-refractivity contribution in [3.05, 3.63) is 53.6 Å². The maximum absolute atomic E-state index is 9.00. The molecule has 2 aliphatic heterocycles. The van der Waals surface area contributed by atoms with Gasteiger partial charge < -0.3 is 24.3 Å². The maximum Gasteiger partial charge on any atom is 0.164 e. The van der Waals surface area contributed by atoms with Gasteiger partial charge in [0.2, 0.25) is 0 Å². The third-order valence-corrected chi connectivity index (χ3v) is 6.04. The Balaban J connectivity index is 1.45. The second kappa shape index (κ2) is 10.7. The van der Waals surface area contributed by atoms with Gasteiger partial charge in [-0.25, -0.2) is 0 Å². The summed E-state index contributed by atoms with van der Waals surface area (Å²) >= 11 is 0. The summed E-state index contributed by atoms with van der Waals surface area (Å²) in [5.74, 6) is 2.11. The van der Waals surface area contributed by atoms with Gasteiger partial charge in [0, 0.05) is 32.2 Å². The van der Waals surface area contributed by atoms with E-state index in [4.69, 9.17) is 24.2 Å². The first-order chi connectivity index (χ1) is 15.7. The normalized spacial score (nSPS) is 21.4. The fourth-order valence-corrected chi connectivity index (χ4v) is 4.41. The van der Waals surface area contributed by atoms with Crippen LogP contribution >= 0.6 is 0 Å². The van der Waals surface area contributed by atoms with Crippen LogP contribution in [0.5, 0.6) is 17.2 Å². The van der Waals surface area contributed by atoms with Gasteiger partial charge in [-0.15, -0.1) is 0 Å². The smallest absolute Gasteiger partial charge is 0.164 e. The van der Waals surface area contributed by atoms with Crippen LogP contribution in [-0.2, 0) is 11.2 Å².